The van der Waals surface area contributed by atoms with Crippen molar-refractivity contribution in [2.45, 2.75) is 68.4 Å². The third-order valence-corrected chi connectivity index (χ3v) is 6.44. The van der Waals surface area contributed by atoms with E-state index in [1.807, 2.05) is 12.4 Å². The molecule has 5 aliphatic carbocycles. The summed E-state index contributed by atoms with van der Waals surface area (Å²) in [5, 5.41) is 4.08. The summed E-state index contributed by atoms with van der Waals surface area (Å²) >= 11 is 0. The SMILES string of the molecule is c1cc(C23CC4CC(CC(NC5CC5)(C4)C2)C3)ccn1. The number of nitrogens with one attached hydrogen (secondary N) is 1. The minimum Gasteiger partial charge on any atom is -0.308 e. The Bertz CT molecular complexity index is 500. The van der Waals surface area contributed by atoms with E-state index in [1.54, 1.807) is 5.56 Å². The predicted octanol–water partition coefficient (Wildman–Crippen LogP) is 3.42. The third kappa shape index (κ3) is 1.70. The second-order valence-electron chi connectivity index (χ2n) is 8.18. The van der Waals surface area contributed by atoms with Crippen LogP contribution in [0.5, 0.6) is 0 Å². The van der Waals surface area contributed by atoms with Crippen molar-refractivity contribution in [3.05, 3.63) is 30.1 Å². The lowest BCUT2D eigenvalue weighted by molar-refractivity contribution is -0.0415. The molecule has 20 heavy (non-hydrogen) atoms. The highest BCUT2D eigenvalue weighted by Gasteiger charge is 2.58. The number of rotatable bonds is 3. The lowest BCUT2D eigenvalue weighted by Gasteiger charge is -2.63. The van der Waals surface area contributed by atoms with Gasteiger partial charge in [0.1, 0.15) is 0 Å². The maximum Gasteiger partial charge on any atom is 0.0270 e. The standard InChI is InChI=1S/C18H24N2/c1-2-16(1)20-18-10-13-7-14(11-18)9-17(8-13,12-18)15-3-5-19-6-4-15/h3-6,13-14,16,20H,1-2,7-12H2. The fourth-order valence-electron chi connectivity index (χ4n) is 6.14. The number of hydrogen-bond acceptors (Lipinski definition) is 2. The first kappa shape index (κ1) is 11.7. The van der Waals surface area contributed by atoms with Crippen molar-refractivity contribution in [2.75, 3.05) is 0 Å². The normalized spacial score (nSPS) is 45.8. The van der Waals surface area contributed by atoms with Crippen LogP contribution in [0.2, 0.25) is 0 Å². The van der Waals surface area contributed by atoms with Gasteiger partial charge in [-0.05, 0) is 86.3 Å². The van der Waals surface area contributed by atoms with Gasteiger partial charge >= 0.3 is 0 Å². The highest BCUT2D eigenvalue weighted by molar-refractivity contribution is 5.30. The van der Waals surface area contributed by atoms with Crippen molar-refractivity contribution in [1.29, 1.82) is 0 Å². The molecule has 0 aliphatic heterocycles. The van der Waals surface area contributed by atoms with Crippen molar-refractivity contribution < 1.29 is 0 Å². The number of aromatic nitrogens is 1. The Morgan fingerprint density at radius 1 is 1.00 bits per heavy atom. The van der Waals surface area contributed by atoms with Gasteiger partial charge in [-0.2, -0.15) is 0 Å². The monoisotopic (exact) mass is 268 g/mol. The minimum absolute atomic E-state index is 0.467. The second kappa shape index (κ2) is 3.85. The van der Waals surface area contributed by atoms with Crippen LogP contribution in [-0.4, -0.2) is 16.6 Å². The van der Waals surface area contributed by atoms with Crippen molar-refractivity contribution in [1.82, 2.24) is 10.3 Å². The van der Waals surface area contributed by atoms with E-state index in [-0.39, 0.29) is 0 Å². The first-order valence-corrected chi connectivity index (χ1v) is 8.44. The molecule has 0 aromatic carbocycles. The van der Waals surface area contributed by atoms with Crippen LogP contribution in [-0.2, 0) is 5.41 Å². The summed E-state index contributed by atoms with van der Waals surface area (Å²) in [7, 11) is 0. The van der Waals surface area contributed by atoms with E-state index in [2.05, 4.69) is 22.4 Å². The van der Waals surface area contributed by atoms with Gasteiger partial charge in [0.15, 0.2) is 0 Å². The van der Waals surface area contributed by atoms with E-state index in [0.29, 0.717) is 11.0 Å². The van der Waals surface area contributed by atoms with E-state index < -0.39 is 0 Å². The maximum absolute atomic E-state index is 4.23. The third-order valence-electron chi connectivity index (χ3n) is 6.44. The van der Waals surface area contributed by atoms with Crippen LogP contribution < -0.4 is 5.32 Å². The molecule has 2 atom stereocenters. The summed E-state index contributed by atoms with van der Waals surface area (Å²) in [6, 6.07) is 5.43. The summed E-state index contributed by atoms with van der Waals surface area (Å²) in [6.07, 6.45) is 15.5. The minimum atomic E-state index is 0.467. The van der Waals surface area contributed by atoms with E-state index >= 15 is 0 Å². The Labute approximate surface area is 121 Å². The molecular formula is C18H24N2. The van der Waals surface area contributed by atoms with E-state index in [4.69, 9.17) is 0 Å². The zero-order valence-electron chi connectivity index (χ0n) is 12.1. The second-order valence-corrected chi connectivity index (χ2v) is 8.18. The van der Waals surface area contributed by atoms with Gasteiger partial charge in [0, 0.05) is 24.0 Å². The molecule has 2 heteroatoms. The van der Waals surface area contributed by atoms with Gasteiger partial charge in [-0.25, -0.2) is 0 Å². The van der Waals surface area contributed by atoms with E-state index in [9.17, 15) is 0 Å². The number of pyridine rings is 1. The topological polar surface area (TPSA) is 24.9 Å². The predicted molar refractivity (Wildman–Crippen MR) is 79.5 cm³/mol. The van der Waals surface area contributed by atoms with Gasteiger partial charge in [-0.1, -0.05) is 0 Å². The molecular weight excluding hydrogens is 244 g/mol. The Kier molecular flexibility index (Phi) is 2.26. The number of hydrogen-bond donors (Lipinski definition) is 1. The van der Waals surface area contributed by atoms with Crippen molar-refractivity contribution in [3.63, 3.8) is 0 Å². The largest absolute Gasteiger partial charge is 0.308 e. The quantitative estimate of drug-likeness (QED) is 0.908. The molecule has 5 fully saturated rings. The highest BCUT2D eigenvalue weighted by atomic mass is 15.1. The summed E-state index contributed by atoms with van der Waals surface area (Å²) < 4.78 is 0. The van der Waals surface area contributed by atoms with Crippen molar-refractivity contribution >= 4 is 0 Å². The molecule has 0 spiro atoms. The van der Waals surface area contributed by atoms with Gasteiger partial charge in [-0.15, -0.1) is 0 Å². The lowest BCUT2D eigenvalue weighted by Crippen LogP contribution is -2.63. The van der Waals surface area contributed by atoms with Crippen LogP contribution in [0.15, 0.2) is 24.5 Å². The molecule has 5 saturated carbocycles. The van der Waals surface area contributed by atoms with Crippen LogP contribution in [0.1, 0.15) is 56.9 Å². The van der Waals surface area contributed by atoms with Crippen LogP contribution >= 0.6 is 0 Å². The lowest BCUT2D eigenvalue weighted by atomic mass is 9.45. The zero-order valence-corrected chi connectivity index (χ0v) is 12.1. The molecule has 2 nitrogen and oxygen atoms in total. The number of nitrogens with zero attached hydrogens (tertiary/aromatic N) is 1. The fourth-order valence-corrected chi connectivity index (χ4v) is 6.14. The van der Waals surface area contributed by atoms with E-state index in [1.165, 1.54) is 51.4 Å². The molecule has 1 aromatic rings. The Morgan fingerprint density at radius 2 is 1.70 bits per heavy atom. The van der Waals surface area contributed by atoms with Crippen molar-refractivity contribution in [2.24, 2.45) is 11.8 Å². The van der Waals surface area contributed by atoms with Gasteiger partial charge < -0.3 is 5.32 Å². The molecule has 5 aliphatic rings. The molecule has 1 aromatic heterocycles. The first-order chi connectivity index (χ1) is 9.75. The fraction of sp³-hybridized carbons (Fsp3) is 0.722. The molecule has 4 bridgehead atoms. The molecule has 2 unspecified atom stereocenters. The zero-order chi connectivity index (χ0) is 13.2. The Hall–Kier alpha value is -0.890. The summed E-state index contributed by atoms with van der Waals surface area (Å²) in [5.74, 6) is 1.94. The Balaban J connectivity index is 1.54. The average Bonchev–Trinajstić information content (AvgIpc) is 3.21. The van der Waals surface area contributed by atoms with Crippen LogP contribution in [0.4, 0.5) is 0 Å². The van der Waals surface area contributed by atoms with Crippen LogP contribution in [0, 0.1) is 11.8 Å². The van der Waals surface area contributed by atoms with Gasteiger partial charge in [0.2, 0.25) is 0 Å². The molecule has 0 radical (unpaired) electrons. The summed E-state index contributed by atoms with van der Waals surface area (Å²) in [6.45, 7) is 0. The van der Waals surface area contributed by atoms with Gasteiger partial charge in [0.05, 0.1) is 0 Å². The van der Waals surface area contributed by atoms with Crippen molar-refractivity contribution in [3.8, 4) is 0 Å². The Morgan fingerprint density at radius 3 is 2.35 bits per heavy atom. The first-order valence-electron chi connectivity index (χ1n) is 8.44. The van der Waals surface area contributed by atoms with Crippen LogP contribution in [0.3, 0.4) is 0 Å². The van der Waals surface area contributed by atoms with Gasteiger partial charge in [-0.3, -0.25) is 4.98 Å². The summed E-state index contributed by atoms with van der Waals surface area (Å²) in [4.78, 5) is 4.23. The molecule has 1 heterocycles. The van der Waals surface area contributed by atoms with Crippen LogP contribution in [0.25, 0.3) is 0 Å². The molecule has 0 saturated heterocycles. The highest BCUT2D eigenvalue weighted by Crippen LogP contribution is 2.62. The smallest absolute Gasteiger partial charge is 0.0270 e. The molecule has 0 amide bonds. The molecule has 106 valence electrons. The van der Waals surface area contributed by atoms with E-state index in [0.717, 1.165) is 17.9 Å². The van der Waals surface area contributed by atoms with Gasteiger partial charge in [0.25, 0.3) is 0 Å². The summed E-state index contributed by atoms with van der Waals surface area (Å²) in [5.41, 5.74) is 2.52. The molecule has 1 N–H and O–H groups in total. The average molecular weight is 268 g/mol. The molecule has 6 rings (SSSR count). The maximum atomic E-state index is 4.23.